The summed E-state index contributed by atoms with van der Waals surface area (Å²) in [5, 5.41) is 2.90. The Kier molecular flexibility index (Phi) is 6.17. The molecule has 1 N–H and O–H groups in total. The predicted molar refractivity (Wildman–Crippen MR) is 108 cm³/mol. The van der Waals surface area contributed by atoms with Crippen molar-refractivity contribution in [3.63, 3.8) is 0 Å². The molecule has 0 atom stereocenters. The minimum atomic E-state index is -3.52. The highest BCUT2D eigenvalue weighted by atomic mass is 79.9. The van der Waals surface area contributed by atoms with E-state index in [0.29, 0.717) is 25.9 Å². The van der Waals surface area contributed by atoms with E-state index in [1.807, 2.05) is 24.3 Å². The van der Waals surface area contributed by atoms with Crippen LogP contribution in [0.2, 0.25) is 0 Å². The molecule has 1 aliphatic rings. The van der Waals surface area contributed by atoms with Crippen LogP contribution in [-0.4, -0.2) is 31.7 Å². The van der Waals surface area contributed by atoms with Gasteiger partial charge in [0.2, 0.25) is 15.9 Å². The molecule has 1 fully saturated rings. The Morgan fingerprint density at radius 2 is 1.42 bits per heavy atom. The molecule has 1 aliphatic heterocycles. The van der Waals surface area contributed by atoms with Gasteiger partial charge in [0.05, 0.1) is 4.90 Å². The molecule has 26 heavy (non-hydrogen) atoms. The average Bonchev–Trinajstić information content (AvgIpc) is 2.64. The number of nitrogens with one attached hydrogen (secondary N) is 1. The van der Waals surface area contributed by atoms with Crippen LogP contribution in [0.25, 0.3) is 0 Å². The van der Waals surface area contributed by atoms with Crippen LogP contribution in [0.1, 0.15) is 12.8 Å². The second kappa shape index (κ2) is 8.21. The van der Waals surface area contributed by atoms with E-state index in [9.17, 15) is 13.2 Å². The molecule has 1 heterocycles. The van der Waals surface area contributed by atoms with Gasteiger partial charge in [-0.25, -0.2) is 8.42 Å². The molecule has 0 aromatic heterocycles. The Bertz CT molecular complexity index is 876. The van der Waals surface area contributed by atoms with Crippen molar-refractivity contribution >= 4 is 53.5 Å². The number of rotatable bonds is 4. The quantitative estimate of drug-likeness (QED) is 0.680. The number of nitrogens with zero attached hydrogens (tertiary/aromatic N) is 1. The van der Waals surface area contributed by atoms with Crippen molar-refractivity contribution < 1.29 is 13.2 Å². The number of anilines is 1. The average molecular weight is 502 g/mol. The van der Waals surface area contributed by atoms with Crippen LogP contribution >= 0.6 is 31.9 Å². The largest absolute Gasteiger partial charge is 0.326 e. The number of piperidine rings is 1. The van der Waals surface area contributed by atoms with Gasteiger partial charge < -0.3 is 5.32 Å². The first kappa shape index (κ1) is 19.5. The molecule has 0 aliphatic carbocycles. The maximum atomic E-state index is 12.7. The number of benzene rings is 2. The van der Waals surface area contributed by atoms with E-state index in [2.05, 4.69) is 37.2 Å². The molecule has 1 amide bonds. The van der Waals surface area contributed by atoms with Gasteiger partial charge in [-0.3, -0.25) is 4.79 Å². The number of hydrogen-bond acceptors (Lipinski definition) is 3. The van der Waals surface area contributed by atoms with Crippen LogP contribution in [0.5, 0.6) is 0 Å². The smallest absolute Gasteiger partial charge is 0.243 e. The Hall–Kier alpha value is -1.22. The third-order valence-corrected chi connectivity index (χ3v) is 7.36. The molecule has 0 saturated carbocycles. The summed E-state index contributed by atoms with van der Waals surface area (Å²) in [7, 11) is -3.52. The molecule has 0 unspecified atom stereocenters. The maximum Gasteiger partial charge on any atom is 0.243 e. The monoisotopic (exact) mass is 500 g/mol. The SMILES string of the molecule is O=C(Nc1ccc(Br)cc1)C1CCN(S(=O)(=O)c2ccc(Br)cc2)CC1. The number of sulfonamides is 1. The summed E-state index contributed by atoms with van der Waals surface area (Å²) in [6.07, 6.45) is 1.02. The van der Waals surface area contributed by atoms with Gasteiger partial charge in [-0.2, -0.15) is 4.31 Å². The molecule has 138 valence electrons. The topological polar surface area (TPSA) is 66.5 Å². The molecule has 1 saturated heterocycles. The van der Waals surface area contributed by atoms with Crippen LogP contribution in [0.4, 0.5) is 5.69 Å². The first-order valence-electron chi connectivity index (χ1n) is 8.18. The summed E-state index contributed by atoms with van der Waals surface area (Å²) >= 11 is 6.67. The number of halogens is 2. The molecule has 8 heteroatoms. The van der Waals surface area contributed by atoms with Crippen molar-refractivity contribution in [1.82, 2.24) is 4.31 Å². The Balaban J connectivity index is 1.60. The Morgan fingerprint density at radius 3 is 1.96 bits per heavy atom. The summed E-state index contributed by atoms with van der Waals surface area (Å²) in [6.45, 7) is 0.688. The van der Waals surface area contributed by atoms with Gasteiger partial charge >= 0.3 is 0 Å². The van der Waals surface area contributed by atoms with Crippen LogP contribution in [0.3, 0.4) is 0 Å². The van der Waals surface area contributed by atoms with Gasteiger partial charge in [-0.15, -0.1) is 0 Å². The number of carbonyl (C=O) groups is 1. The molecule has 2 aromatic rings. The fraction of sp³-hybridized carbons (Fsp3) is 0.278. The Morgan fingerprint density at radius 1 is 0.923 bits per heavy atom. The number of carbonyl (C=O) groups excluding carboxylic acids is 1. The molecule has 0 bridgehead atoms. The second-order valence-corrected chi connectivity index (χ2v) is 9.90. The van der Waals surface area contributed by atoms with E-state index in [1.54, 1.807) is 24.3 Å². The van der Waals surface area contributed by atoms with E-state index in [0.717, 1.165) is 14.6 Å². The zero-order chi connectivity index (χ0) is 18.7. The molecular formula is C18H18Br2N2O3S. The summed E-state index contributed by atoms with van der Waals surface area (Å²) in [6, 6.07) is 14.0. The van der Waals surface area contributed by atoms with E-state index in [4.69, 9.17) is 0 Å². The lowest BCUT2D eigenvalue weighted by Crippen LogP contribution is -2.41. The van der Waals surface area contributed by atoms with E-state index < -0.39 is 10.0 Å². The fourth-order valence-corrected chi connectivity index (χ4v) is 4.89. The van der Waals surface area contributed by atoms with Crippen LogP contribution in [0.15, 0.2) is 62.4 Å². The van der Waals surface area contributed by atoms with Crippen LogP contribution in [-0.2, 0) is 14.8 Å². The summed E-state index contributed by atoms with van der Waals surface area (Å²) in [4.78, 5) is 12.7. The van der Waals surface area contributed by atoms with Crippen molar-refractivity contribution in [2.45, 2.75) is 17.7 Å². The third kappa shape index (κ3) is 4.54. The lowest BCUT2D eigenvalue weighted by molar-refractivity contribution is -0.120. The van der Waals surface area contributed by atoms with Gasteiger partial charge in [-0.05, 0) is 61.4 Å². The fourth-order valence-electron chi connectivity index (χ4n) is 2.89. The first-order valence-corrected chi connectivity index (χ1v) is 11.2. The van der Waals surface area contributed by atoms with Crippen molar-refractivity contribution in [3.8, 4) is 0 Å². The molecule has 2 aromatic carbocycles. The normalized spacial score (nSPS) is 16.4. The molecule has 3 rings (SSSR count). The number of hydrogen-bond donors (Lipinski definition) is 1. The maximum absolute atomic E-state index is 12.7. The van der Waals surface area contributed by atoms with Gasteiger partial charge in [-0.1, -0.05) is 31.9 Å². The summed E-state index contributed by atoms with van der Waals surface area (Å²) in [5.74, 6) is -0.247. The Labute approximate surface area is 170 Å². The highest BCUT2D eigenvalue weighted by molar-refractivity contribution is 9.10. The zero-order valence-electron chi connectivity index (χ0n) is 13.9. The molecule has 5 nitrogen and oxygen atoms in total. The minimum absolute atomic E-state index is 0.0620. The van der Waals surface area contributed by atoms with E-state index >= 15 is 0 Å². The van der Waals surface area contributed by atoms with Crippen molar-refractivity contribution in [2.75, 3.05) is 18.4 Å². The van der Waals surface area contributed by atoms with Crippen molar-refractivity contribution in [1.29, 1.82) is 0 Å². The van der Waals surface area contributed by atoms with E-state index in [-0.39, 0.29) is 16.7 Å². The number of amides is 1. The van der Waals surface area contributed by atoms with Gasteiger partial charge in [0.25, 0.3) is 0 Å². The lowest BCUT2D eigenvalue weighted by Gasteiger charge is -2.30. The summed E-state index contributed by atoms with van der Waals surface area (Å²) < 4.78 is 28.6. The van der Waals surface area contributed by atoms with Gasteiger partial charge in [0, 0.05) is 33.6 Å². The second-order valence-electron chi connectivity index (χ2n) is 6.13. The van der Waals surface area contributed by atoms with Crippen LogP contribution in [0, 0.1) is 5.92 Å². The van der Waals surface area contributed by atoms with Crippen molar-refractivity contribution in [3.05, 3.63) is 57.5 Å². The lowest BCUT2D eigenvalue weighted by atomic mass is 9.97. The minimum Gasteiger partial charge on any atom is -0.326 e. The predicted octanol–water partition coefficient (Wildman–Crippen LogP) is 4.25. The molecular weight excluding hydrogens is 484 g/mol. The third-order valence-electron chi connectivity index (χ3n) is 4.39. The first-order chi connectivity index (χ1) is 12.4. The zero-order valence-corrected chi connectivity index (χ0v) is 17.8. The standard InChI is InChI=1S/C18H18Br2N2O3S/c19-14-1-5-16(6-2-14)21-18(23)13-9-11-22(12-10-13)26(24,25)17-7-3-15(20)4-8-17/h1-8,13H,9-12H2,(H,21,23). The van der Waals surface area contributed by atoms with Gasteiger partial charge in [0.1, 0.15) is 0 Å². The summed E-state index contributed by atoms with van der Waals surface area (Å²) in [5.41, 5.74) is 0.739. The van der Waals surface area contributed by atoms with Crippen molar-refractivity contribution in [2.24, 2.45) is 5.92 Å². The molecule has 0 spiro atoms. The highest BCUT2D eigenvalue weighted by Gasteiger charge is 2.32. The molecule has 0 radical (unpaired) electrons. The van der Waals surface area contributed by atoms with Crippen LogP contribution < -0.4 is 5.32 Å². The highest BCUT2D eigenvalue weighted by Crippen LogP contribution is 2.26. The van der Waals surface area contributed by atoms with Gasteiger partial charge in [0.15, 0.2) is 0 Å². The van der Waals surface area contributed by atoms with E-state index in [1.165, 1.54) is 4.31 Å².